The minimum absolute atomic E-state index is 0.379. The molecule has 0 bridgehead atoms. The maximum absolute atomic E-state index is 11.8. The first kappa shape index (κ1) is 12.1. The van der Waals surface area contributed by atoms with Crippen LogP contribution < -0.4 is 0 Å². The zero-order valence-corrected chi connectivity index (χ0v) is 10.2. The molecular formula is C14H24O2. The predicted octanol–water partition coefficient (Wildman–Crippen LogP) is 3.49. The lowest BCUT2D eigenvalue weighted by molar-refractivity contribution is -0.123. The number of rotatable bonds is 4. The van der Waals surface area contributed by atoms with Crippen molar-refractivity contribution in [3.05, 3.63) is 0 Å². The normalized spacial score (nSPS) is 31.6. The van der Waals surface area contributed by atoms with Gasteiger partial charge in [-0.25, -0.2) is 0 Å². The summed E-state index contributed by atoms with van der Waals surface area (Å²) in [6.07, 6.45) is 12.1. The number of hydrogen-bond donors (Lipinski definition) is 0. The van der Waals surface area contributed by atoms with Gasteiger partial charge < -0.3 is 4.74 Å². The Labute approximate surface area is 98.7 Å². The van der Waals surface area contributed by atoms with Crippen LogP contribution in [0.4, 0.5) is 0 Å². The summed E-state index contributed by atoms with van der Waals surface area (Å²) in [6, 6.07) is 0. The van der Waals surface area contributed by atoms with Gasteiger partial charge in [-0.05, 0) is 38.5 Å². The highest BCUT2D eigenvalue weighted by Gasteiger charge is 2.21. The monoisotopic (exact) mass is 224 g/mol. The van der Waals surface area contributed by atoms with Crippen LogP contribution in [0.3, 0.4) is 0 Å². The van der Waals surface area contributed by atoms with Crippen LogP contribution >= 0.6 is 0 Å². The van der Waals surface area contributed by atoms with Gasteiger partial charge in [0.25, 0.3) is 0 Å². The third-order valence-electron chi connectivity index (χ3n) is 4.03. The Morgan fingerprint density at radius 2 is 2.00 bits per heavy atom. The molecule has 0 aromatic rings. The second-order valence-electron chi connectivity index (χ2n) is 5.33. The first-order chi connectivity index (χ1) is 7.86. The smallest absolute Gasteiger partial charge is 0.135 e. The van der Waals surface area contributed by atoms with E-state index in [1.165, 1.54) is 38.5 Å². The van der Waals surface area contributed by atoms with Gasteiger partial charge >= 0.3 is 0 Å². The van der Waals surface area contributed by atoms with E-state index in [9.17, 15) is 4.79 Å². The molecule has 0 aromatic carbocycles. The third kappa shape index (κ3) is 3.58. The molecular weight excluding hydrogens is 200 g/mol. The lowest BCUT2D eigenvalue weighted by atomic mass is 9.92. The largest absolute Gasteiger partial charge is 0.378 e. The molecule has 2 aliphatic rings. The van der Waals surface area contributed by atoms with Gasteiger partial charge in [0.2, 0.25) is 0 Å². The molecule has 1 heterocycles. The Kier molecular flexibility index (Phi) is 4.83. The third-order valence-corrected chi connectivity index (χ3v) is 4.03. The van der Waals surface area contributed by atoms with Crippen LogP contribution in [0.15, 0.2) is 0 Å². The highest BCUT2D eigenvalue weighted by atomic mass is 16.5. The van der Waals surface area contributed by atoms with Crippen LogP contribution in [0.25, 0.3) is 0 Å². The van der Waals surface area contributed by atoms with Gasteiger partial charge in [0.15, 0.2) is 0 Å². The maximum atomic E-state index is 11.8. The Balaban J connectivity index is 1.65. The fraction of sp³-hybridized carbons (Fsp3) is 0.929. The Hall–Kier alpha value is -0.370. The summed E-state index contributed by atoms with van der Waals surface area (Å²) in [5.41, 5.74) is 0. The predicted molar refractivity (Wildman–Crippen MR) is 64.4 cm³/mol. The molecule has 0 N–H and O–H groups in total. The minimum Gasteiger partial charge on any atom is -0.378 e. The van der Waals surface area contributed by atoms with Crippen LogP contribution in [0.1, 0.15) is 64.2 Å². The summed E-state index contributed by atoms with van der Waals surface area (Å²) >= 11 is 0. The Morgan fingerprint density at radius 3 is 2.81 bits per heavy atom. The highest BCUT2D eigenvalue weighted by Crippen LogP contribution is 2.26. The Bertz CT molecular complexity index is 219. The van der Waals surface area contributed by atoms with Gasteiger partial charge in [0, 0.05) is 18.9 Å². The highest BCUT2D eigenvalue weighted by molar-refractivity contribution is 5.81. The molecule has 2 nitrogen and oxygen atoms in total. The topological polar surface area (TPSA) is 26.3 Å². The van der Waals surface area contributed by atoms with Crippen molar-refractivity contribution in [3.8, 4) is 0 Å². The van der Waals surface area contributed by atoms with E-state index in [0.717, 1.165) is 32.3 Å². The molecule has 0 aromatic heterocycles. The van der Waals surface area contributed by atoms with Gasteiger partial charge in [0.05, 0.1) is 6.10 Å². The van der Waals surface area contributed by atoms with E-state index in [0.29, 0.717) is 17.8 Å². The van der Waals surface area contributed by atoms with Crippen LogP contribution in [0.5, 0.6) is 0 Å². The minimum atomic E-state index is 0.379. The van der Waals surface area contributed by atoms with Crippen LogP contribution in [-0.2, 0) is 9.53 Å². The second kappa shape index (κ2) is 6.39. The van der Waals surface area contributed by atoms with Crippen molar-refractivity contribution in [2.45, 2.75) is 70.3 Å². The van der Waals surface area contributed by atoms with Crippen LogP contribution in [0, 0.1) is 5.92 Å². The van der Waals surface area contributed by atoms with Gasteiger partial charge in [-0.2, -0.15) is 0 Å². The van der Waals surface area contributed by atoms with Crippen molar-refractivity contribution in [2.75, 3.05) is 6.61 Å². The van der Waals surface area contributed by atoms with E-state index in [1.807, 2.05) is 0 Å². The van der Waals surface area contributed by atoms with Crippen molar-refractivity contribution >= 4 is 5.78 Å². The maximum Gasteiger partial charge on any atom is 0.135 e. The molecule has 2 rings (SSSR count). The number of ketones is 1. The van der Waals surface area contributed by atoms with Crippen LogP contribution in [-0.4, -0.2) is 18.5 Å². The fourth-order valence-electron chi connectivity index (χ4n) is 3.00. The summed E-state index contributed by atoms with van der Waals surface area (Å²) in [5, 5.41) is 0. The van der Waals surface area contributed by atoms with E-state index in [-0.39, 0.29) is 0 Å². The number of carbonyl (C=O) groups is 1. The van der Waals surface area contributed by atoms with Gasteiger partial charge in [-0.15, -0.1) is 0 Å². The number of hydrogen-bond acceptors (Lipinski definition) is 2. The molecule has 2 fully saturated rings. The summed E-state index contributed by atoms with van der Waals surface area (Å²) in [6.45, 7) is 0.951. The van der Waals surface area contributed by atoms with Crippen molar-refractivity contribution in [2.24, 2.45) is 5.92 Å². The first-order valence-corrected chi connectivity index (χ1v) is 7.00. The van der Waals surface area contributed by atoms with E-state index in [1.54, 1.807) is 0 Å². The molecule has 1 saturated carbocycles. The van der Waals surface area contributed by atoms with Crippen molar-refractivity contribution < 1.29 is 9.53 Å². The van der Waals surface area contributed by atoms with E-state index < -0.39 is 0 Å². The molecule has 92 valence electrons. The zero-order valence-electron chi connectivity index (χ0n) is 10.2. The van der Waals surface area contributed by atoms with Gasteiger partial charge in [0.1, 0.15) is 5.78 Å². The van der Waals surface area contributed by atoms with Gasteiger partial charge in [-0.3, -0.25) is 4.79 Å². The number of Topliss-reactive ketones (excluding diaryl/α,β-unsaturated/α-hetero) is 1. The Morgan fingerprint density at radius 1 is 1.06 bits per heavy atom. The lowest BCUT2D eigenvalue weighted by Gasteiger charge is -2.14. The molecule has 0 amide bonds. The average Bonchev–Trinajstić information content (AvgIpc) is 2.71. The summed E-state index contributed by atoms with van der Waals surface area (Å²) < 4.78 is 5.61. The van der Waals surface area contributed by atoms with Crippen molar-refractivity contribution in [1.82, 2.24) is 0 Å². The standard InChI is InChI=1S/C14H24O2/c15-14-10-3-1-2-6-12(14)7-4-8-13-9-5-11-16-13/h12-13H,1-11H2. The average molecular weight is 224 g/mol. The summed E-state index contributed by atoms with van der Waals surface area (Å²) in [5.74, 6) is 0.911. The first-order valence-electron chi connectivity index (χ1n) is 7.00. The molecule has 1 saturated heterocycles. The summed E-state index contributed by atoms with van der Waals surface area (Å²) in [7, 11) is 0. The molecule has 2 atom stereocenters. The molecule has 1 aliphatic heterocycles. The fourth-order valence-corrected chi connectivity index (χ4v) is 3.00. The molecule has 0 radical (unpaired) electrons. The van der Waals surface area contributed by atoms with E-state index in [2.05, 4.69) is 0 Å². The molecule has 2 heteroatoms. The quantitative estimate of drug-likeness (QED) is 0.683. The van der Waals surface area contributed by atoms with Crippen molar-refractivity contribution in [1.29, 1.82) is 0 Å². The summed E-state index contributed by atoms with van der Waals surface area (Å²) in [4.78, 5) is 11.8. The van der Waals surface area contributed by atoms with Gasteiger partial charge in [-0.1, -0.05) is 19.3 Å². The van der Waals surface area contributed by atoms with E-state index in [4.69, 9.17) is 4.74 Å². The SMILES string of the molecule is O=C1CCCCCC1CCCC1CCCO1. The molecule has 0 spiro atoms. The lowest BCUT2D eigenvalue weighted by Crippen LogP contribution is -2.13. The zero-order chi connectivity index (χ0) is 11.2. The molecule has 1 aliphatic carbocycles. The second-order valence-corrected chi connectivity index (χ2v) is 5.33. The molecule has 2 unspecified atom stereocenters. The molecule has 16 heavy (non-hydrogen) atoms. The number of carbonyl (C=O) groups excluding carboxylic acids is 1. The van der Waals surface area contributed by atoms with Crippen LogP contribution in [0.2, 0.25) is 0 Å². The van der Waals surface area contributed by atoms with Crippen molar-refractivity contribution in [3.63, 3.8) is 0 Å². The number of ether oxygens (including phenoxy) is 1. The van der Waals surface area contributed by atoms with E-state index >= 15 is 0 Å².